The summed E-state index contributed by atoms with van der Waals surface area (Å²) in [5.74, 6) is 0.166. The van der Waals surface area contributed by atoms with Gasteiger partial charge in [0.15, 0.2) is 5.65 Å². The van der Waals surface area contributed by atoms with Gasteiger partial charge in [0, 0.05) is 31.2 Å². The van der Waals surface area contributed by atoms with Gasteiger partial charge in [-0.25, -0.2) is 18.7 Å². The zero-order chi connectivity index (χ0) is 27.8. The molecule has 2 aromatic carbocycles. The molecule has 1 atom stereocenters. The number of pyridine rings is 1. The maximum Gasteiger partial charge on any atom is 0.355 e. The number of para-hydroxylation sites is 1. The van der Waals surface area contributed by atoms with Crippen molar-refractivity contribution < 1.29 is 9.18 Å². The lowest BCUT2D eigenvalue weighted by atomic mass is 10.0. The van der Waals surface area contributed by atoms with Crippen LogP contribution in [0.25, 0.3) is 28.0 Å². The van der Waals surface area contributed by atoms with Crippen LogP contribution in [0.1, 0.15) is 37.8 Å². The van der Waals surface area contributed by atoms with Crippen LogP contribution in [0.3, 0.4) is 0 Å². The fourth-order valence-corrected chi connectivity index (χ4v) is 5.37. The topological polar surface area (TPSA) is 71.3 Å². The van der Waals surface area contributed by atoms with Crippen LogP contribution in [-0.4, -0.2) is 51.0 Å². The van der Waals surface area contributed by atoms with Gasteiger partial charge in [0.25, 0.3) is 0 Å². The van der Waals surface area contributed by atoms with Crippen LogP contribution in [0.2, 0.25) is 0 Å². The second-order valence-electron chi connectivity index (χ2n) is 10.3. The van der Waals surface area contributed by atoms with E-state index in [2.05, 4.69) is 30.3 Å². The van der Waals surface area contributed by atoms with Crippen LogP contribution < -0.4 is 10.6 Å². The van der Waals surface area contributed by atoms with Gasteiger partial charge in [-0.05, 0) is 61.2 Å². The van der Waals surface area contributed by atoms with Crippen molar-refractivity contribution in [2.24, 2.45) is 0 Å². The molecule has 2 aromatic heterocycles. The van der Waals surface area contributed by atoms with Crippen molar-refractivity contribution in [3.63, 3.8) is 0 Å². The zero-order valence-electron chi connectivity index (χ0n) is 22.7. The summed E-state index contributed by atoms with van der Waals surface area (Å²) in [4.78, 5) is 39.4. The van der Waals surface area contributed by atoms with Crippen LogP contribution in [0.4, 0.5) is 10.2 Å². The van der Waals surface area contributed by atoms with Gasteiger partial charge in [-0.3, -0.25) is 4.79 Å². The summed E-state index contributed by atoms with van der Waals surface area (Å²) in [6, 6.07) is 16.1. The maximum absolute atomic E-state index is 14.9. The van der Waals surface area contributed by atoms with E-state index in [0.29, 0.717) is 53.4 Å². The SMILES string of the molecule is C=CC(=O)N1CCN(c2nc(=O)n(-c3ccccc3C(C)C)c3nc(-c4ccccc4F)c(C)cc23)[C@@H](C)C1. The van der Waals surface area contributed by atoms with Crippen molar-refractivity contribution >= 4 is 22.8 Å². The molecule has 0 spiro atoms. The molecule has 200 valence electrons. The molecule has 0 radical (unpaired) electrons. The Bertz CT molecular complexity index is 1640. The average Bonchev–Trinajstić information content (AvgIpc) is 2.92. The number of rotatable bonds is 5. The number of halogens is 1. The van der Waals surface area contributed by atoms with Crippen molar-refractivity contribution in [2.75, 3.05) is 24.5 Å². The lowest BCUT2D eigenvalue weighted by molar-refractivity contribution is -0.126. The van der Waals surface area contributed by atoms with Crippen LogP contribution in [-0.2, 0) is 4.79 Å². The van der Waals surface area contributed by atoms with Crippen molar-refractivity contribution in [2.45, 2.75) is 39.7 Å². The van der Waals surface area contributed by atoms with Crippen molar-refractivity contribution in [1.29, 1.82) is 0 Å². The fourth-order valence-electron chi connectivity index (χ4n) is 5.37. The summed E-state index contributed by atoms with van der Waals surface area (Å²) in [5.41, 5.74) is 3.25. The number of aryl methyl sites for hydroxylation is 1. The van der Waals surface area contributed by atoms with Crippen LogP contribution in [0.5, 0.6) is 0 Å². The number of carbonyl (C=O) groups is 1. The highest BCUT2D eigenvalue weighted by molar-refractivity contribution is 5.92. The summed E-state index contributed by atoms with van der Waals surface area (Å²) in [5, 5.41) is 0.695. The molecule has 0 aliphatic carbocycles. The number of anilines is 1. The van der Waals surface area contributed by atoms with Gasteiger partial charge in [-0.2, -0.15) is 4.98 Å². The highest BCUT2D eigenvalue weighted by Crippen LogP contribution is 2.33. The van der Waals surface area contributed by atoms with Crippen LogP contribution >= 0.6 is 0 Å². The largest absolute Gasteiger partial charge is 0.355 e. The highest BCUT2D eigenvalue weighted by atomic mass is 19.1. The average molecular weight is 526 g/mol. The smallest absolute Gasteiger partial charge is 0.350 e. The Labute approximate surface area is 227 Å². The molecule has 0 N–H and O–H groups in total. The standard InChI is InChI=1S/C31H32FN5O2/c1-6-27(38)35-15-16-36(21(5)18-35)29-24-17-20(4)28(23-12-7-9-13-25(23)32)33-30(24)37(31(39)34-29)26-14-10-8-11-22(26)19(2)3/h6-14,17,19,21H,1,15-16,18H2,2-5H3/t21-/m0/s1. The molecule has 4 aromatic rings. The lowest BCUT2D eigenvalue weighted by Crippen LogP contribution is -2.54. The van der Waals surface area contributed by atoms with Gasteiger partial charge < -0.3 is 9.80 Å². The molecule has 1 amide bonds. The predicted molar refractivity (Wildman–Crippen MR) is 153 cm³/mol. The molecule has 5 rings (SSSR count). The van der Waals surface area contributed by atoms with Gasteiger partial charge in [0.1, 0.15) is 11.6 Å². The molecular formula is C31H32FN5O2. The van der Waals surface area contributed by atoms with E-state index >= 15 is 0 Å². The van der Waals surface area contributed by atoms with E-state index in [9.17, 15) is 14.0 Å². The van der Waals surface area contributed by atoms with Gasteiger partial charge in [-0.15, -0.1) is 0 Å². The number of nitrogens with zero attached hydrogens (tertiary/aromatic N) is 5. The molecular weight excluding hydrogens is 493 g/mol. The Morgan fingerprint density at radius 1 is 1.10 bits per heavy atom. The lowest BCUT2D eigenvalue weighted by Gasteiger charge is -2.40. The number of piperazine rings is 1. The number of carbonyl (C=O) groups excluding carboxylic acids is 1. The van der Waals surface area contributed by atoms with E-state index in [-0.39, 0.29) is 23.7 Å². The Kier molecular flexibility index (Phi) is 7.04. The Morgan fingerprint density at radius 3 is 2.51 bits per heavy atom. The minimum atomic E-state index is -0.460. The molecule has 0 bridgehead atoms. The monoisotopic (exact) mass is 525 g/mol. The van der Waals surface area contributed by atoms with Gasteiger partial charge in [-0.1, -0.05) is 50.8 Å². The first-order valence-electron chi connectivity index (χ1n) is 13.2. The molecule has 1 aliphatic rings. The van der Waals surface area contributed by atoms with E-state index in [1.807, 2.05) is 44.2 Å². The van der Waals surface area contributed by atoms with E-state index in [0.717, 1.165) is 11.1 Å². The van der Waals surface area contributed by atoms with E-state index in [1.165, 1.54) is 12.1 Å². The number of fused-ring (bicyclic) bond motifs is 1. The molecule has 0 saturated carbocycles. The molecule has 8 heteroatoms. The Hall–Kier alpha value is -4.33. The Balaban J connectivity index is 1.78. The maximum atomic E-state index is 14.9. The second kappa shape index (κ2) is 10.4. The summed E-state index contributed by atoms with van der Waals surface area (Å²) >= 11 is 0. The van der Waals surface area contributed by atoms with Gasteiger partial charge >= 0.3 is 5.69 Å². The zero-order valence-corrected chi connectivity index (χ0v) is 22.7. The minimum absolute atomic E-state index is 0.0944. The first kappa shape index (κ1) is 26.3. The minimum Gasteiger partial charge on any atom is -0.350 e. The second-order valence-corrected chi connectivity index (χ2v) is 10.3. The quantitative estimate of drug-likeness (QED) is 0.333. The first-order valence-corrected chi connectivity index (χ1v) is 13.2. The molecule has 39 heavy (non-hydrogen) atoms. The van der Waals surface area contributed by atoms with Gasteiger partial charge in [0.2, 0.25) is 5.91 Å². The number of amides is 1. The third-order valence-corrected chi connectivity index (χ3v) is 7.35. The summed E-state index contributed by atoms with van der Waals surface area (Å²) in [7, 11) is 0. The molecule has 1 fully saturated rings. The molecule has 1 saturated heterocycles. The van der Waals surface area contributed by atoms with Crippen molar-refractivity contribution in [3.8, 4) is 16.9 Å². The fraction of sp³-hybridized carbons (Fsp3) is 0.290. The first-order chi connectivity index (χ1) is 18.7. The third kappa shape index (κ3) is 4.71. The van der Waals surface area contributed by atoms with Crippen LogP contribution in [0.15, 0.2) is 72.0 Å². The number of hydrogen-bond acceptors (Lipinski definition) is 5. The molecule has 0 unspecified atom stereocenters. The number of benzene rings is 2. The number of hydrogen-bond donors (Lipinski definition) is 0. The summed E-state index contributed by atoms with van der Waals surface area (Å²) in [6.45, 7) is 13.1. The molecule has 3 heterocycles. The van der Waals surface area contributed by atoms with Crippen LogP contribution in [0, 0.1) is 12.7 Å². The molecule has 7 nitrogen and oxygen atoms in total. The van der Waals surface area contributed by atoms with Crippen molar-refractivity contribution in [1.82, 2.24) is 19.4 Å². The van der Waals surface area contributed by atoms with E-state index in [4.69, 9.17) is 4.98 Å². The van der Waals surface area contributed by atoms with Crippen molar-refractivity contribution in [3.05, 3.63) is 94.7 Å². The highest BCUT2D eigenvalue weighted by Gasteiger charge is 2.30. The van der Waals surface area contributed by atoms with Gasteiger partial charge in [0.05, 0.1) is 16.8 Å². The van der Waals surface area contributed by atoms with E-state index < -0.39 is 5.69 Å². The summed E-state index contributed by atoms with van der Waals surface area (Å²) < 4.78 is 16.5. The number of aromatic nitrogens is 3. The Morgan fingerprint density at radius 2 is 1.82 bits per heavy atom. The third-order valence-electron chi connectivity index (χ3n) is 7.35. The summed E-state index contributed by atoms with van der Waals surface area (Å²) in [6.07, 6.45) is 1.32. The molecule has 1 aliphatic heterocycles. The van der Waals surface area contributed by atoms with E-state index in [1.54, 1.807) is 27.7 Å². The predicted octanol–water partition coefficient (Wildman–Crippen LogP) is 5.24. The normalized spacial score (nSPS) is 15.7.